The zero-order valence-corrected chi connectivity index (χ0v) is 16.3. The Hall–Kier alpha value is -2.43. The maximum atomic E-state index is 6.14. The van der Waals surface area contributed by atoms with Crippen molar-refractivity contribution in [1.82, 2.24) is 4.98 Å². The van der Waals surface area contributed by atoms with E-state index in [9.17, 15) is 0 Å². The van der Waals surface area contributed by atoms with Crippen LogP contribution < -0.4 is 5.46 Å². The average Bonchev–Trinajstić information content (AvgIpc) is 2.90. The van der Waals surface area contributed by atoms with Gasteiger partial charge in [0.2, 0.25) is 0 Å². The van der Waals surface area contributed by atoms with Crippen molar-refractivity contribution in [3.05, 3.63) is 72.9 Å². The van der Waals surface area contributed by atoms with Crippen LogP contribution >= 0.6 is 0 Å². The van der Waals surface area contributed by atoms with Gasteiger partial charge in [0.15, 0.2) is 0 Å². The van der Waals surface area contributed by atoms with Crippen LogP contribution in [0.5, 0.6) is 0 Å². The van der Waals surface area contributed by atoms with E-state index in [-0.39, 0.29) is 18.3 Å². The fourth-order valence-electron chi connectivity index (χ4n) is 3.20. The molecule has 0 saturated carbocycles. The van der Waals surface area contributed by atoms with Crippen LogP contribution in [0, 0.1) is 0 Å². The third-order valence-corrected chi connectivity index (χ3v) is 5.59. The van der Waals surface area contributed by atoms with Crippen molar-refractivity contribution >= 4 is 12.6 Å². The highest BCUT2D eigenvalue weighted by Gasteiger charge is 2.51. The van der Waals surface area contributed by atoms with Crippen molar-refractivity contribution in [1.29, 1.82) is 0 Å². The van der Waals surface area contributed by atoms with Gasteiger partial charge in [0.05, 0.1) is 16.9 Å². The lowest BCUT2D eigenvalue weighted by atomic mass is 9.78. The molecule has 0 amide bonds. The molecule has 27 heavy (non-hydrogen) atoms. The van der Waals surface area contributed by atoms with Crippen LogP contribution in [-0.4, -0.2) is 23.3 Å². The molecule has 1 fully saturated rings. The molecule has 2 heterocycles. The van der Waals surface area contributed by atoms with Gasteiger partial charge in [-0.1, -0.05) is 48.5 Å². The molecule has 0 atom stereocenters. The largest absolute Gasteiger partial charge is 0.494 e. The maximum Gasteiger partial charge on any atom is 0.494 e. The summed E-state index contributed by atoms with van der Waals surface area (Å²) in [7, 11) is -0.330. The molecule has 3 nitrogen and oxygen atoms in total. The van der Waals surface area contributed by atoms with Gasteiger partial charge in [0, 0.05) is 11.8 Å². The van der Waals surface area contributed by atoms with Crippen molar-refractivity contribution in [3.63, 3.8) is 0 Å². The van der Waals surface area contributed by atoms with Crippen molar-refractivity contribution in [2.45, 2.75) is 38.9 Å². The topological polar surface area (TPSA) is 31.4 Å². The Morgan fingerprint density at radius 3 is 2.00 bits per heavy atom. The number of pyridine rings is 1. The monoisotopic (exact) mass is 357 g/mol. The number of hydrogen-bond donors (Lipinski definition) is 0. The quantitative estimate of drug-likeness (QED) is 0.636. The van der Waals surface area contributed by atoms with Gasteiger partial charge < -0.3 is 9.31 Å². The van der Waals surface area contributed by atoms with Crippen LogP contribution in [0.4, 0.5) is 0 Å². The lowest BCUT2D eigenvalue weighted by molar-refractivity contribution is 0.00578. The fourth-order valence-corrected chi connectivity index (χ4v) is 3.20. The van der Waals surface area contributed by atoms with E-state index >= 15 is 0 Å². The molecule has 0 radical (unpaired) electrons. The van der Waals surface area contributed by atoms with E-state index < -0.39 is 0 Å². The number of benzene rings is 2. The highest BCUT2D eigenvalue weighted by molar-refractivity contribution is 6.62. The summed E-state index contributed by atoms with van der Waals surface area (Å²) in [5, 5.41) is 0. The van der Waals surface area contributed by atoms with Crippen molar-refractivity contribution in [2.24, 2.45) is 0 Å². The molecular formula is C23H24BNO2. The molecule has 1 aromatic heterocycles. The van der Waals surface area contributed by atoms with Crippen LogP contribution in [-0.2, 0) is 9.31 Å². The summed E-state index contributed by atoms with van der Waals surface area (Å²) < 4.78 is 12.3. The number of nitrogens with zero attached hydrogens (tertiary/aromatic N) is 1. The Morgan fingerprint density at radius 2 is 1.37 bits per heavy atom. The first kappa shape index (κ1) is 18.0. The molecule has 1 aliphatic heterocycles. The lowest BCUT2D eigenvalue weighted by Crippen LogP contribution is -2.41. The van der Waals surface area contributed by atoms with E-state index in [0.717, 1.165) is 22.3 Å². The predicted molar refractivity (Wildman–Crippen MR) is 111 cm³/mol. The second kappa shape index (κ2) is 6.63. The Kier molecular flexibility index (Phi) is 4.41. The van der Waals surface area contributed by atoms with E-state index in [1.807, 2.05) is 24.4 Å². The molecule has 1 saturated heterocycles. The van der Waals surface area contributed by atoms with E-state index in [2.05, 4.69) is 81.2 Å². The van der Waals surface area contributed by atoms with Crippen LogP contribution in [0.2, 0.25) is 0 Å². The number of aromatic nitrogens is 1. The first-order chi connectivity index (χ1) is 12.9. The lowest BCUT2D eigenvalue weighted by Gasteiger charge is -2.32. The minimum atomic E-state index is -0.330. The summed E-state index contributed by atoms with van der Waals surface area (Å²) in [4.78, 5) is 4.44. The minimum Gasteiger partial charge on any atom is -0.399 e. The first-order valence-electron chi connectivity index (χ1n) is 9.33. The van der Waals surface area contributed by atoms with Gasteiger partial charge in [-0.05, 0) is 62.5 Å². The fraction of sp³-hybridized carbons (Fsp3) is 0.261. The molecule has 2 aromatic carbocycles. The molecule has 1 aliphatic rings. The molecule has 4 heteroatoms. The highest BCUT2D eigenvalue weighted by atomic mass is 16.7. The molecule has 3 aromatic rings. The molecule has 0 spiro atoms. The second-order valence-electron chi connectivity index (χ2n) is 8.01. The summed E-state index contributed by atoms with van der Waals surface area (Å²) >= 11 is 0. The van der Waals surface area contributed by atoms with Crippen LogP contribution in [0.1, 0.15) is 27.7 Å². The summed E-state index contributed by atoms with van der Waals surface area (Å²) in [6.07, 6.45) is 1.82. The van der Waals surface area contributed by atoms with Gasteiger partial charge in [0.25, 0.3) is 0 Å². The normalized spacial score (nSPS) is 17.9. The van der Waals surface area contributed by atoms with Gasteiger partial charge in [-0.15, -0.1) is 0 Å². The second-order valence-corrected chi connectivity index (χ2v) is 8.01. The summed E-state index contributed by atoms with van der Waals surface area (Å²) in [6, 6.07) is 22.8. The Morgan fingerprint density at radius 1 is 0.704 bits per heavy atom. The Bertz CT molecular complexity index is 920. The smallest absolute Gasteiger partial charge is 0.399 e. The molecule has 0 N–H and O–H groups in total. The van der Waals surface area contributed by atoms with Crippen molar-refractivity contribution in [3.8, 4) is 22.4 Å². The van der Waals surface area contributed by atoms with E-state index in [1.165, 1.54) is 5.56 Å². The van der Waals surface area contributed by atoms with Crippen LogP contribution in [0.25, 0.3) is 22.4 Å². The zero-order valence-electron chi connectivity index (χ0n) is 16.3. The van der Waals surface area contributed by atoms with Gasteiger partial charge in [-0.25, -0.2) is 0 Å². The zero-order chi connectivity index (χ0) is 19.1. The SMILES string of the molecule is CC1(C)OB(c2ccc(-c3cccc(-c4ccccn4)c3)cc2)OC1(C)C. The Balaban J connectivity index is 1.59. The highest BCUT2D eigenvalue weighted by Crippen LogP contribution is 2.36. The van der Waals surface area contributed by atoms with E-state index in [1.54, 1.807) is 0 Å². The van der Waals surface area contributed by atoms with Crippen LogP contribution in [0.15, 0.2) is 72.9 Å². The number of rotatable bonds is 3. The maximum absolute atomic E-state index is 6.14. The van der Waals surface area contributed by atoms with Gasteiger partial charge in [-0.3, -0.25) is 4.98 Å². The minimum absolute atomic E-state index is 0.326. The first-order valence-corrected chi connectivity index (χ1v) is 9.33. The Labute approximate surface area is 161 Å². The molecule has 136 valence electrons. The third-order valence-electron chi connectivity index (χ3n) is 5.59. The van der Waals surface area contributed by atoms with E-state index in [0.29, 0.717) is 0 Å². The summed E-state index contributed by atoms with van der Waals surface area (Å²) in [6.45, 7) is 8.30. The van der Waals surface area contributed by atoms with Crippen LogP contribution in [0.3, 0.4) is 0 Å². The molecule has 0 bridgehead atoms. The van der Waals surface area contributed by atoms with Gasteiger partial charge in [0.1, 0.15) is 0 Å². The average molecular weight is 357 g/mol. The van der Waals surface area contributed by atoms with Crippen molar-refractivity contribution < 1.29 is 9.31 Å². The van der Waals surface area contributed by atoms with Crippen molar-refractivity contribution in [2.75, 3.05) is 0 Å². The molecule has 0 aliphatic carbocycles. The van der Waals surface area contributed by atoms with Gasteiger partial charge in [-0.2, -0.15) is 0 Å². The third kappa shape index (κ3) is 3.43. The van der Waals surface area contributed by atoms with Gasteiger partial charge >= 0.3 is 7.12 Å². The molecule has 4 rings (SSSR count). The standard InChI is InChI=1S/C23H24BNO2/c1-22(2)23(3,4)27-24(26-22)20-13-11-17(12-14-20)18-8-7-9-19(16-18)21-10-5-6-15-25-21/h5-16H,1-4H3. The summed E-state index contributed by atoms with van der Waals surface area (Å²) in [5.74, 6) is 0. The summed E-state index contributed by atoms with van der Waals surface area (Å²) in [5.41, 5.74) is 4.81. The van der Waals surface area contributed by atoms with E-state index in [4.69, 9.17) is 9.31 Å². The number of hydrogen-bond acceptors (Lipinski definition) is 3. The molecule has 0 unspecified atom stereocenters. The molecular weight excluding hydrogens is 333 g/mol. The predicted octanol–water partition coefficient (Wildman–Crippen LogP) is 4.71.